The minimum absolute atomic E-state index is 0.167. The topological polar surface area (TPSA) is 89.5 Å². The summed E-state index contributed by atoms with van der Waals surface area (Å²) < 4.78 is 28.4. The molecule has 2 aromatic rings. The predicted octanol–water partition coefficient (Wildman–Crippen LogP) is 3.44. The molecule has 0 fully saturated rings. The van der Waals surface area contributed by atoms with Crippen molar-refractivity contribution in [2.45, 2.75) is 5.75 Å². The monoisotopic (exact) mass is 459 g/mol. The number of sulfone groups is 1. The summed E-state index contributed by atoms with van der Waals surface area (Å²) in [5, 5.41) is 2.88. The number of halogens is 2. The molecule has 0 aliphatic rings. The van der Waals surface area contributed by atoms with Crippen molar-refractivity contribution < 1.29 is 22.7 Å². The number of nitrogens with one attached hydrogen (secondary N) is 1. The van der Waals surface area contributed by atoms with Crippen LogP contribution in [0.5, 0.6) is 0 Å². The summed E-state index contributed by atoms with van der Waals surface area (Å²) in [6.45, 7) is -0.498. The van der Waals surface area contributed by atoms with E-state index in [0.29, 0.717) is 16.3 Å². The highest BCUT2D eigenvalue weighted by Gasteiger charge is 2.13. The molecule has 9 heteroatoms. The quantitative estimate of drug-likeness (QED) is 0.667. The maximum Gasteiger partial charge on any atom is 0.338 e. The molecule has 0 bridgehead atoms. The molecule has 0 saturated carbocycles. The highest BCUT2D eigenvalue weighted by molar-refractivity contribution is 9.10. The molecule has 0 atom stereocenters. The lowest BCUT2D eigenvalue weighted by atomic mass is 10.1. The number of hydrogen-bond acceptors (Lipinski definition) is 5. The van der Waals surface area contributed by atoms with Crippen LogP contribution in [-0.4, -0.2) is 33.2 Å². The molecule has 0 heterocycles. The van der Waals surface area contributed by atoms with Gasteiger partial charge in [0.15, 0.2) is 16.4 Å². The lowest BCUT2D eigenvalue weighted by Crippen LogP contribution is -2.21. The van der Waals surface area contributed by atoms with E-state index >= 15 is 0 Å². The molecule has 2 rings (SSSR count). The lowest BCUT2D eigenvalue weighted by Gasteiger charge is -2.09. The third-order valence-electron chi connectivity index (χ3n) is 3.13. The zero-order valence-corrected chi connectivity index (χ0v) is 16.8. The van der Waals surface area contributed by atoms with Gasteiger partial charge in [-0.15, -0.1) is 0 Å². The van der Waals surface area contributed by atoms with Gasteiger partial charge in [0.25, 0.3) is 5.91 Å². The molecule has 0 aliphatic heterocycles. The molecule has 0 aliphatic carbocycles. The van der Waals surface area contributed by atoms with Crippen molar-refractivity contribution in [3.8, 4) is 0 Å². The van der Waals surface area contributed by atoms with E-state index < -0.39 is 28.3 Å². The molecule has 0 saturated heterocycles. The van der Waals surface area contributed by atoms with E-state index in [1.165, 1.54) is 12.1 Å². The van der Waals surface area contributed by atoms with E-state index in [9.17, 15) is 18.0 Å². The van der Waals surface area contributed by atoms with Crippen molar-refractivity contribution >= 4 is 54.9 Å². The fourth-order valence-corrected chi connectivity index (χ4v) is 3.59. The van der Waals surface area contributed by atoms with Gasteiger partial charge in [-0.25, -0.2) is 13.2 Å². The fraction of sp³-hybridized carbons (Fsp3) is 0.176. The van der Waals surface area contributed by atoms with Gasteiger partial charge in [-0.1, -0.05) is 39.7 Å². The van der Waals surface area contributed by atoms with Crippen LogP contribution in [0, 0.1) is 0 Å². The minimum Gasteiger partial charge on any atom is -0.452 e. The van der Waals surface area contributed by atoms with Crippen LogP contribution in [0.25, 0.3) is 0 Å². The van der Waals surface area contributed by atoms with Gasteiger partial charge in [-0.3, -0.25) is 4.79 Å². The van der Waals surface area contributed by atoms with Gasteiger partial charge in [0, 0.05) is 10.7 Å². The standard InChI is InChI=1S/C17H15BrClNO5S/c1-26(23,24)10-11-3-2-4-12(7-11)17(22)25-9-16(21)20-15-6-5-13(18)8-14(15)19/h2-8H,9-10H2,1H3,(H,20,21). The number of amides is 1. The summed E-state index contributed by atoms with van der Waals surface area (Å²) in [6, 6.07) is 11.0. The van der Waals surface area contributed by atoms with Gasteiger partial charge in [-0.05, 0) is 35.9 Å². The number of ether oxygens (including phenoxy) is 1. The van der Waals surface area contributed by atoms with Crippen LogP contribution in [0.2, 0.25) is 5.02 Å². The molecule has 1 N–H and O–H groups in total. The number of hydrogen-bond donors (Lipinski definition) is 1. The number of anilines is 1. The van der Waals surface area contributed by atoms with Crippen molar-refractivity contribution in [1.29, 1.82) is 0 Å². The van der Waals surface area contributed by atoms with Gasteiger partial charge < -0.3 is 10.1 Å². The van der Waals surface area contributed by atoms with Crippen LogP contribution in [-0.2, 0) is 25.1 Å². The molecule has 1 amide bonds. The molecule has 2 aromatic carbocycles. The third-order valence-corrected chi connectivity index (χ3v) is 4.79. The van der Waals surface area contributed by atoms with E-state index in [0.717, 1.165) is 10.7 Å². The first-order chi connectivity index (χ1) is 12.1. The van der Waals surface area contributed by atoms with Crippen LogP contribution in [0.15, 0.2) is 46.9 Å². The molecule has 0 aromatic heterocycles. The van der Waals surface area contributed by atoms with Crippen molar-refractivity contribution in [2.75, 3.05) is 18.2 Å². The molecule has 6 nitrogen and oxygen atoms in total. The van der Waals surface area contributed by atoms with Crippen LogP contribution >= 0.6 is 27.5 Å². The van der Waals surface area contributed by atoms with Crippen LogP contribution in [0.3, 0.4) is 0 Å². The predicted molar refractivity (Wildman–Crippen MR) is 103 cm³/mol. The first-order valence-electron chi connectivity index (χ1n) is 7.33. The lowest BCUT2D eigenvalue weighted by molar-refractivity contribution is -0.119. The molecule has 26 heavy (non-hydrogen) atoms. The van der Waals surface area contributed by atoms with Crippen LogP contribution in [0.1, 0.15) is 15.9 Å². The van der Waals surface area contributed by atoms with Gasteiger partial charge in [0.1, 0.15) is 0 Å². The summed E-state index contributed by atoms with van der Waals surface area (Å²) in [7, 11) is -3.22. The highest BCUT2D eigenvalue weighted by atomic mass is 79.9. The maximum atomic E-state index is 12.0. The Kier molecular flexibility index (Phi) is 6.80. The number of carbonyl (C=O) groups is 2. The Labute approximate surface area is 164 Å². The molecular formula is C17H15BrClNO5S. The second-order valence-corrected chi connectivity index (χ2v) is 8.98. The third kappa shape index (κ3) is 6.44. The molecule has 138 valence electrons. The summed E-state index contributed by atoms with van der Waals surface area (Å²) in [5.74, 6) is -1.45. The normalized spacial score (nSPS) is 11.0. The van der Waals surface area contributed by atoms with Crippen molar-refractivity contribution in [3.63, 3.8) is 0 Å². The van der Waals surface area contributed by atoms with E-state index in [-0.39, 0.29) is 11.3 Å². The van der Waals surface area contributed by atoms with E-state index in [1.54, 1.807) is 30.3 Å². The summed E-state index contributed by atoms with van der Waals surface area (Å²) in [6.07, 6.45) is 1.11. The van der Waals surface area contributed by atoms with Gasteiger partial charge >= 0.3 is 5.97 Å². The Morgan fingerprint density at radius 3 is 2.58 bits per heavy atom. The zero-order valence-electron chi connectivity index (χ0n) is 13.7. The van der Waals surface area contributed by atoms with Crippen LogP contribution < -0.4 is 5.32 Å². The smallest absolute Gasteiger partial charge is 0.338 e. The summed E-state index contributed by atoms with van der Waals surface area (Å²) >= 11 is 9.26. The second-order valence-electron chi connectivity index (χ2n) is 5.52. The van der Waals surface area contributed by atoms with E-state index in [4.69, 9.17) is 16.3 Å². The second kappa shape index (κ2) is 8.66. The van der Waals surface area contributed by atoms with E-state index in [1.807, 2.05) is 0 Å². The van der Waals surface area contributed by atoms with Crippen LogP contribution in [0.4, 0.5) is 5.69 Å². The van der Waals surface area contributed by atoms with Crippen molar-refractivity contribution in [2.24, 2.45) is 0 Å². The minimum atomic E-state index is -3.22. The summed E-state index contributed by atoms with van der Waals surface area (Å²) in [5.41, 5.74) is 1.03. The Bertz CT molecular complexity index is 946. The fourth-order valence-electron chi connectivity index (χ4n) is 2.08. The molecule has 0 spiro atoms. The first-order valence-corrected chi connectivity index (χ1v) is 10.6. The molecule has 0 unspecified atom stereocenters. The van der Waals surface area contributed by atoms with Crippen molar-refractivity contribution in [3.05, 3.63) is 63.1 Å². The SMILES string of the molecule is CS(=O)(=O)Cc1cccc(C(=O)OCC(=O)Nc2ccc(Br)cc2Cl)c1. The maximum absolute atomic E-state index is 12.0. The van der Waals surface area contributed by atoms with Gasteiger partial charge in [-0.2, -0.15) is 0 Å². The Hall–Kier alpha value is -1.90. The number of rotatable bonds is 6. The van der Waals surface area contributed by atoms with E-state index in [2.05, 4.69) is 21.2 Å². The number of benzene rings is 2. The highest BCUT2D eigenvalue weighted by Crippen LogP contribution is 2.25. The molecule has 0 radical (unpaired) electrons. The largest absolute Gasteiger partial charge is 0.452 e. The van der Waals surface area contributed by atoms with Crippen molar-refractivity contribution in [1.82, 2.24) is 0 Å². The zero-order chi connectivity index (χ0) is 19.3. The average Bonchev–Trinajstić information content (AvgIpc) is 2.54. The Morgan fingerprint density at radius 2 is 1.92 bits per heavy atom. The number of carbonyl (C=O) groups excluding carboxylic acids is 2. The Morgan fingerprint density at radius 1 is 1.19 bits per heavy atom. The molecular weight excluding hydrogens is 446 g/mol. The van der Waals surface area contributed by atoms with Gasteiger partial charge in [0.05, 0.1) is 22.0 Å². The first kappa shape index (κ1) is 20.4. The van der Waals surface area contributed by atoms with Gasteiger partial charge in [0.2, 0.25) is 0 Å². The summed E-state index contributed by atoms with van der Waals surface area (Å²) in [4.78, 5) is 23.9. The number of esters is 1. The average molecular weight is 461 g/mol. The Balaban J connectivity index is 1.95.